The molecule has 0 aliphatic heterocycles. The van der Waals surface area contributed by atoms with Crippen molar-refractivity contribution in [2.75, 3.05) is 5.32 Å². The van der Waals surface area contributed by atoms with Crippen molar-refractivity contribution < 1.29 is 0 Å². The summed E-state index contributed by atoms with van der Waals surface area (Å²) >= 11 is 0. The Labute approximate surface area is 107 Å². The molecule has 0 saturated carbocycles. The summed E-state index contributed by atoms with van der Waals surface area (Å²) in [6.45, 7) is 6.20. The van der Waals surface area contributed by atoms with Crippen molar-refractivity contribution in [1.82, 2.24) is 4.98 Å². The first kappa shape index (κ1) is 12.1. The molecule has 0 saturated heterocycles. The van der Waals surface area contributed by atoms with Crippen LogP contribution < -0.4 is 5.32 Å². The van der Waals surface area contributed by atoms with E-state index in [0.717, 1.165) is 11.4 Å². The van der Waals surface area contributed by atoms with Crippen LogP contribution in [-0.2, 0) is 0 Å². The van der Waals surface area contributed by atoms with Crippen molar-refractivity contribution in [1.29, 1.82) is 5.26 Å². The van der Waals surface area contributed by atoms with Crippen LogP contribution in [0, 0.1) is 32.1 Å². The molecule has 3 nitrogen and oxygen atoms in total. The molecule has 0 aliphatic rings. The fourth-order valence-electron chi connectivity index (χ4n) is 2.10. The van der Waals surface area contributed by atoms with Crippen molar-refractivity contribution >= 4 is 11.4 Å². The Morgan fingerprint density at radius 3 is 2.44 bits per heavy atom. The predicted octanol–water partition coefficient (Wildman–Crippen LogP) is 3.62. The molecule has 0 radical (unpaired) electrons. The Balaban J connectivity index is 2.44. The maximum absolute atomic E-state index is 9.06. The van der Waals surface area contributed by atoms with Crippen LogP contribution in [0.15, 0.2) is 30.6 Å². The summed E-state index contributed by atoms with van der Waals surface area (Å²) in [7, 11) is 0. The molecule has 3 heteroatoms. The van der Waals surface area contributed by atoms with E-state index < -0.39 is 0 Å². The van der Waals surface area contributed by atoms with Gasteiger partial charge in [0, 0.05) is 11.9 Å². The molecule has 0 fully saturated rings. The van der Waals surface area contributed by atoms with Gasteiger partial charge in [-0.25, -0.2) is 0 Å². The topological polar surface area (TPSA) is 48.7 Å². The minimum atomic E-state index is 0.601. The van der Waals surface area contributed by atoms with Gasteiger partial charge in [-0.15, -0.1) is 0 Å². The van der Waals surface area contributed by atoms with Crippen molar-refractivity contribution in [3.05, 3.63) is 52.8 Å². The summed E-state index contributed by atoms with van der Waals surface area (Å²) in [5.74, 6) is 0. The van der Waals surface area contributed by atoms with Gasteiger partial charge >= 0.3 is 0 Å². The van der Waals surface area contributed by atoms with Gasteiger partial charge in [0.1, 0.15) is 6.07 Å². The van der Waals surface area contributed by atoms with E-state index in [-0.39, 0.29) is 0 Å². The van der Waals surface area contributed by atoms with Crippen LogP contribution in [0.3, 0.4) is 0 Å². The first-order valence-corrected chi connectivity index (χ1v) is 5.81. The Hall–Kier alpha value is -2.34. The lowest BCUT2D eigenvalue weighted by atomic mass is 10.0. The molecule has 1 N–H and O–H groups in total. The van der Waals surface area contributed by atoms with E-state index in [1.54, 1.807) is 18.5 Å². The molecule has 0 bridgehead atoms. The lowest BCUT2D eigenvalue weighted by Crippen LogP contribution is -1.99. The Kier molecular flexibility index (Phi) is 3.29. The number of hydrogen-bond acceptors (Lipinski definition) is 3. The van der Waals surface area contributed by atoms with Gasteiger partial charge in [-0.1, -0.05) is 17.7 Å². The summed E-state index contributed by atoms with van der Waals surface area (Å²) in [6, 6.07) is 8.12. The third-order valence-electron chi connectivity index (χ3n) is 2.88. The van der Waals surface area contributed by atoms with Crippen LogP contribution in [0.1, 0.15) is 22.3 Å². The molecule has 0 atom stereocenters. The summed E-state index contributed by atoms with van der Waals surface area (Å²) in [4.78, 5) is 4.05. The highest BCUT2D eigenvalue weighted by Gasteiger charge is 2.07. The number of benzene rings is 1. The number of nitrogens with zero attached hydrogens (tertiary/aromatic N) is 2. The summed E-state index contributed by atoms with van der Waals surface area (Å²) < 4.78 is 0. The fraction of sp³-hybridized carbons (Fsp3) is 0.200. The number of nitriles is 1. The first-order chi connectivity index (χ1) is 8.61. The minimum absolute atomic E-state index is 0.601. The number of aromatic nitrogens is 1. The van der Waals surface area contributed by atoms with E-state index in [0.29, 0.717) is 5.56 Å². The van der Waals surface area contributed by atoms with Gasteiger partial charge in [-0.05, 0) is 38.0 Å². The molecule has 90 valence electrons. The van der Waals surface area contributed by atoms with Gasteiger partial charge in [0.05, 0.1) is 17.4 Å². The molecule has 0 aliphatic carbocycles. The van der Waals surface area contributed by atoms with E-state index in [4.69, 9.17) is 5.26 Å². The van der Waals surface area contributed by atoms with Crippen molar-refractivity contribution in [3.63, 3.8) is 0 Å². The standard InChI is InChI=1S/C15H15N3/c1-10-6-11(2)15(12(3)7-10)18-14-9-17-5-4-13(14)8-16/h4-7,9,18H,1-3H3. The number of hydrogen-bond donors (Lipinski definition) is 1. The highest BCUT2D eigenvalue weighted by Crippen LogP contribution is 2.26. The number of aryl methyl sites for hydroxylation is 3. The van der Waals surface area contributed by atoms with Crippen LogP contribution in [0.25, 0.3) is 0 Å². The average Bonchev–Trinajstić information content (AvgIpc) is 2.34. The molecule has 0 spiro atoms. The smallest absolute Gasteiger partial charge is 0.101 e. The lowest BCUT2D eigenvalue weighted by Gasteiger charge is -2.14. The van der Waals surface area contributed by atoms with Gasteiger partial charge in [-0.2, -0.15) is 5.26 Å². The average molecular weight is 237 g/mol. The van der Waals surface area contributed by atoms with E-state index >= 15 is 0 Å². The van der Waals surface area contributed by atoms with E-state index in [1.807, 2.05) is 0 Å². The number of nitrogens with one attached hydrogen (secondary N) is 1. The lowest BCUT2D eigenvalue weighted by molar-refractivity contribution is 1.27. The Morgan fingerprint density at radius 1 is 1.17 bits per heavy atom. The molecule has 1 heterocycles. The zero-order valence-electron chi connectivity index (χ0n) is 10.8. The molecule has 0 amide bonds. The summed E-state index contributed by atoms with van der Waals surface area (Å²) in [5, 5.41) is 12.4. The maximum Gasteiger partial charge on any atom is 0.101 e. The van der Waals surface area contributed by atoms with Crippen LogP contribution in [0.2, 0.25) is 0 Å². The predicted molar refractivity (Wildman–Crippen MR) is 72.9 cm³/mol. The largest absolute Gasteiger partial charge is 0.353 e. The normalized spacial score (nSPS) is 9.89. The number of rotatable bonds is 2. The van der Waals surface area contributed by atoms with Gasteiger partial charge in [-0.3, -0.25) is 4.98 Å². The zero-order chi connectivity index (χ0) is 13.1. The SMILES string of the molecule is Cc1cc(C)c(Nc2cnccc2C#N)c(C)c1. The van der Waals surface area contributed by atoms with Gasteiger partial charge in [0.25, 0.3) is 0 Å². The summed E-state index contributed by atoms with van der Waals surface area (Å²) in [6.07, 6.45) is 3.30. The van der Waals surface area contributed by atoms with Crippen LogP contribution in [0.5, 0.6) is 0 Å². The molecule has 2 rings (SSSR count). The molecule has 2 aromatic rings. The van der Waals surface area contributed by atoms with Crippen LogP contribution in [-0.4, -0.2) is 4.98 Å². The quantitative estimate of drug-likeness (QED) is 0.867. The third kappa shape index (κ3) is 2.33. The molecule has 0 unspecified atom stereocenters. The summed E-state index contributed by atoms with van der Waals surface area (Å²) in [5.41, 5.74) is 5.97. The number of anilines is 2. The monoisotopic (exact) mass is 237 g/mol. The Bertz CT molecular complexity index is 601. The van der Waals surface area contributed by atoms with E-state index in [9.17, 15) is 0 Å². The van der Waals surface area contributed by atoms with Crippen molar-refractivity contribution in [2.24, 2.45) is 0 Å². The second kappa shape index (κ2) is 4.89. The van der Waals surface area contributed by atoms with Crippen LogP contribution >= 0.6 is 0 Å². The van der Waals surface area contributed by atoms with Gasteiger partial charge < -0.3 is 5.32 Å². The van der Waals surface area contributed by atoms with Gasteiger partial charge in [0.15, 0.2) is 0 Å². The molecule has 1 aromatic heterocycles. The van der Waals surface area contributed by atoms with Crippen molar-refractivity contribution in [2.45, 2.75) is 20.8 Å². The highest BCUT2D eigenvalue weighted by atomic mass is 14.9. The minimum Gasteiger partial charge on any atom is -0.353 e. The number of pyridine rings is 1. The zero-order valence-corrected chi connectivity index (χ0v) is 10.8. The van der Waals surface area contributed by atoms with Crippen LogP contribution in [0.4, 0.5) is 11.4 Å². The first-order valence-electron chi connectivity index (χ1n) is 5.81. The fourth-order valence-corrected chi connectivity index (χ4v) is 2.10. The van der Waals surface area contributed by atoms with E-state index in [1.165, 1.54) is 16.7 Å². The molecule has 1 aromatic carbocycles. The van der Waals surface area contributed by atoms with Gasteiger partial charge in [0.2, 0.25) is 0 Å². The van der Waals surface area contributed by atoms with Crippen molar-refractivity contribution in [3.8, 4) is 6.07 Å². The second-order valence-electron chi connectivity index (χ2n) is 4.43. The highest BCUT2D eigenvalue weighted by molar-refractivity contribution is 5.70. The molecule has 18 heavy (non-hydrogen) atoms. The maximum atomic E-state index is 9.06. The Morgan fingerprint density at radius 2 is 1.83 bits per heavy atom. The van der Waals surface area contributed by atoms with E-state index in [2.05, 4.69) is 49.3 Å². The molecular formula is C15H15N3. The third-order valence-corrected chi connectivity index (χ3v) is 2.88. The molecular weight excluding hydrogens is 222 g/mol. The second-order valence-corrected chi connectivity index (χ2v) is 4.43.